The van der Waals surface area contributed by atoms with Crippen LogP contribution in [-0.2, 0) is 6.42 Å². The number of carbonyl (C=O) groups is 1. The van der Waals surface area contributed by atoms with E-state index in [9.17, 15) is 4.79 Å². The Hall–Kier alpha value is -3.45. The molecule has 0 aliphatic carbocycles. The van der Waals surface area contributed by atoms with Crippen LogP contribution in [-0.4, -0.2) is 16.2 Å². The van der Waals surface area contributed by atoms with Crippen LogP contribution < -0.4 is 10.6 Å². The molecular weight excluding hydrogens is 372 g/mol. The Kier molecular flexibility index (Phi) is 5.16. The fourth-order valence-corrected chi connectivity index (χ4v) is 3.36. The lowest BCUT2D eigenvalue weighted by molar-refractivity contribution is 0.262. The molecule has 0 saturated heterocycles. The van der Waals surface area contributed by atoms with Crippen LogP contribution in [0, 0.1) is 6.92 Å². The summed E-state index contributed by atoms with van der Waals surface area (Å²) in [6, 6.07) is 18.8. The summed E-state index contributed by atoms with van der Waals surface area (Å²) in [5, 5.41) is 11.7. The van der Waals surface area contributed by atoms with Crippen molar-refractivity contribution in [2.75, 3.05) is 10.6 Å². The zero-order valence-corrected chi connectivity index (χ0v) is 16.0. The van der Waals surface area contributed by atoms with Crippen LogP contribution in [0.5, 0.6) is 0 Å². The van der Waals surface area contributed by atoms with E-state index in [-0.39, 0.29) is 6.03 Å². The lowest BCUT2D eigenvalue weighted by atomic mass is 10.1. The van der Waals surface area contributed by atoms with Gasteiger partial charge in [0, 0.05) is 11.4 Å². The van der Waals surface area contributed by atoms with Crippen molar-refractivity contribution in [3.05, 3.63) is 83.1 Å². The number of aromatic nitrogens is 2. The lowest BCUT2D eigenvalue weighted by Crippen LogP contribution is -2.20. The van der Waals surface area contributed by atoms with Crippen molar-refractivity contribution in [2.24, 2.45) is 0 Å². The molecule has 0 atom stereocenters. The van der Waals surface area contributed by atoms with Gasteiger partial charge in [0.1, 0.15) is 0 Å². The first-order chi connectivity index (χ1) is 13.7. The molecule has 0 radical (unpaired) electrons. The highest BCUT2D eigenvalue weighted by atomic mass is 32.1. The third-order valence-corrected chi connectivity index (χ3v) is 4.99. The minimum atomic E-state index is -0.305. The first-order valence-corrected chi connectivity index (χ1v) is 9.64. The summed E-state index contributed by atoms with van der Waals surface area (Å²) in [6.45, 7) is 2.00. The average molecular weight is 390 g/mol. The van der Waals surface area contributed by atoms with Gasteiger partial charge >= 0.3 is 6.03 Å². The van der Waals surface area contributed by atoms with Crippen LogP contribution in [0.25, 0.3) is 10.7 Å². The summed E-state index contributed by atoms with van der Waals surface area (Å²) in [4.78, 5) is 17.8. The van der Waals surface area contributed by atoms with Crippen LogP contribution in [0.4, 0.5) is 16.2 Å². The Bertz CT molecular complexity index is 1070. The van der Waals surface area contributed by atoms with Gasteiger partial charge in [0.15, 0.2) is 0 Å². The van der Waals surface area contributed by atoms with Gasteiger partial charge in [0.2, 0.25) is 11.7 Å². The van der Waals surface area contributed by atoms with Crippen molar-refractivity contribution in [1.82, 2.24) is 10.1 Å². The molecule has 0 bridgehead atoms. The first kappa shape index (κ1) is 17.9. The van der Waals surface area contributed by atoms with Crippen molar-refractivity contribution in [3.8, 4) is 10.7 Å². The van der Waals surface area contributed by atoms with Gasteiger partial charge in [-0.05, 0) is 42.1 Å². The zero-order chi connectivity index (χ0) is 19.3. The normalized spacial score (nSPS) is 10.6. The Labute approximate surface area is 166 Å². The van der Waals surface area contributed by atoms with E-state index in [1.807, 2.05) is 73.0 Å². The molecule has 2 N–H and O–H groups in total. The van der Waals surface area contributed by atoms with Crippen molar-refractivity contribution in [2.45, 2.75) is 13.3 Å². The second kappa shape index (κ2) is 8.06. The number of anilines is 2. The van der Waals surface area contributed by atoms with E-state index in [4.69, 9.17) is 4.52 Å². The van der Waals surface area contributed by atoms with Crippen LogP contribution in [0.1, 0.15) is 17.0 Å². The fourth-order valence-electron chi connectivity index (χ4n) is 2.71. The molecule has 0 aliphatic rings. The zero-order valence-electron chi connectivity index (χ0n) is 15.2. The molecule has 0 spiro atoms. The van der Waals surface area contributed by atoms with Gasteiger partial charge in [-0.15, -0.1) is 11.3 Å². The number of amides is 2. The Morgan fingerprint density at radius 3 is 2.64 bits per heavy atom. The topological polar surface area (TPSA) is 80.0 Å². The van der Waals surface area contributed by atoms with Crippen molar-refractivity contribution < 1.29 is 9.32 Å². The van der Waals surface area contributed by atoms with Gasteiger partial charge in [0.05, 0.1) is 11.3 Å². The van der Waals surface area contributed by atoms with E-state index in [2.05, 4.69) is 20.8 Å². The summed E-state index contributed by atoms with van der Waals surface area (Å²) in [6.07, 6.45) is 0.430. The van der Waals surface area contributed by atoms with Gasteiger partial charge in [-0.1, -0.05) is 47.1 Å². The highest BCUT2D eigenvalue weighted by molar-refractivity contribution is 7.13. The molecule has 0 aliphatic heterocycles. The molecule has 0 fully saturated rings. The van der Waals surface area contributed by atoms with Gasteiger partial charge in [-0.25, -0.2) is 4.79 Å². The Morgan fingerprint density at radius 2 is 1.86 bits per heavy atom. The van der Waals surface area contributed by atoms with Crippen molar-refractivity contribution >= 4 is 28.7 Å². The second-order valence-corrected chi connectivity index (χ2v) is 7.22. The second-order valence-electron chi connectivity index (χ2n) is 6.27. The number of nitrogens with zero attached hydrogens (tertiary/aromatic N) is 2. The molecule has 28 heavy (non-hydrogen) atoms. The Morgan fingerprint density at radius 1 is 1.04 bits per heavy atom. The quantitative estimate of drug-likeness (QED) is 0.482. The average Bonchev–Trinajstić information content (AvgIpc) is 3.37. The SMILES string of the molecule is Cc1ccc(NC(=O)Nc2ccccc2Cc2nc(-c3cccs3)no2)cc1. The summed E-state index contributed by atoms with van der Waals surface area (Å²) in [7, 11) is 0. The number of hydrogen-bond donors (Lipinski definition) is 2. The summed E-state index contributed by atoms with van der Waals surface area (Å²) >= 11 is 1.56. The largest absolute Gasteiger partial charge is 0.339 e. The molecule has 7 heteroatoms. The lowest BCUT2D eigenvalue weighted by Gasteiger charge is -2.11. The van der Waals surface area contributed by atoms with Crippen LogP contribution in [0.3, 0.4) is 0 Å². The fraction of sp³-hybridized carbons (Fsp3) is 0.0952. The van der Waals surface area contributed by atoms with Crippen molar-refractivity contribution in [1.29, 1.82) is 0 Å². The molecule has 4 rings (SSSR count). The summed E-state index contributed by atoms with van der Waals surface area (Å²) in [5.74, 6) is 1.07. The van der Waals surface area contributed by atoms with E-state index in [1.54, 1.807) is 11.3 Å². The molecule has 140 valence electrons. The number of urea groups is 1. The minimum Gasteiger partial charge on any atom is -0.339 e. The molecule has 2 heterocycles. The van der Waals surface area contributed by atoms with E-state index in [0.29, 0.717) is 23.8 Å². The number of thiophene rings is 1. The highest BCUT2D eigenvalue weighted by Gasteiger charge is 2.13. The summed E-state index contributed by atoms with van der Waals surface area (Å²) in [5.41, 5.74) is 3.46. The number of carbonyl (C=O) groups excluding carboxylic acids is 1. The molecule has 2 aromatic heterocycles. The number of rotatable bonds is 5. The number of benzene rings is 2. The maximum atomic E-state index is 12.4. The highest BCUT2D eigenvalue weighted by Crippen LogP contribution is 2.24. The van der Waals surface area contributed by atoms with Crippen LogP contribution in [0.2, 0.25) is 0 Å². The van der Waals surface area contributed by atoms with Crippen molar-refractivity contribution in [3.63, 3.8) is 0 Å². The molecular formula is C21H18N4O2S. The number of nitrogens with one attached hydrogen (secondary N) is 2. The third kappa shape index (κ3) is 4.27. The molecule has 6 nitrogen and oxygen atoms in total. The molecule has 4 aromatic rings. The Balaban J connectivity index is 1.46. The summed E-state index contributed by atoms with van der Waals surface area (Å²) < 4.78 is 5.38. The van der Waals surface area contributed by atoms with Gasteiger partial charge in [-0.3, -0.25) is 0 Å². The predicted octanol–water partition coefficient (Wildman–Crippen LogP) is 5.34. The van der Waals surface area contributed by atoms with Crippen LogP contribution in [0.15, 0.2) is 70.6 Å². The van der Waals surface area contributed by atoms with E-state index < -0.39 is 0 Å². The monoisotopic (exact) mass is 390 g/mol. The number of para-hydroxylation sites is 1. The van der Waals surface area contributed by atoms with Gasteiger partial charge in [0.25, 0.3) is 0 Å². The number of aryl methyl sites for hydroxylation is 1. The maximum Gasteiger partial charge on any atom is 0.323 e. The minimum absolute atomic E-state index is 0.305. The maximum absolute atomic E-state index is 12.4. The molecule has 0 saturated carbocycles. The molecule has 2 aromatic carbocycles. The smallest absolute Gasteiger partial charge is 0.323 e. The first-order valence-electron chi connectivity index (χ1n) is 8.76. The molecule has 0 unspecified atom stereocenters. The van der Waals surface area contributed by atoms with Gasteiger partial charge < -0.3 is 15.2 Å². The predicted molar refractivity (Wildman–Crippen MR) is 111 cm³/mol. The standard InChI is InChI=1S/C21H18N4O2S/c1-14-8-10-16(11-9-14)22-21(26)23-17-6-3-2-5-15(17)13-19-24-20(25-27-19)18-7-4-12-28-18/h2-12H,13H2,1H3,(H2,22,23,26). The third-order valence-electron chi connectivity index (χ3n) is 4.13. The van der Waals surface area contributed by atoms with E-state index in [1.165, 1.54) is 0 Å². The van der Waals surface area contributed by atoms with Gasteiger partial charge in [-0.2, -0.15) is 4.98 Å². The molecule has 2 amide bonds. The van der Waals surface area contributed by atoms with E-state index in [0.717, 1.165) is 21.7 Å². The number of hydrogen-bond acceptors (Lipinski definition) is 5. The van der Waals surface area contributed by atoms with Crippen LogP contribution >= 0.6 is 11.3 Å². The van der Waals surface area contributed by atoms with E-state index >= 15 is 0 Å².